The average Bonchev–Trinajstić information content (AvgIpc) is 2.87. The predicted molar refractivity (Wildman–Crippen MR) is 84.1 cm³/mol. The fraction of sp³-hybridized carbons (Fsp3) is 1.00. The maximum atomic E-state index is 6.82. The van der Waals surface area contributed by atoms with Crippen LogP contribution in [0.4, 0.5) is 0 Å². The first-order valence-electron chi connectivity index (χ1n) is 8.83. The van der Waals surface area contributed by atoms with Gasteiger partial charge in [0.2, 0.25) is 0 Å². The molecule has 1 unspecified atom stereocenters. The first kappa shape index (κ1) is 15.4. The molecule has 0 radical (unpaired) electrons. The summed E-state index contributed by atoms with van der Waals surface area (Å²) in [6, 6.07) is 0.482. The lowest BCUT2D eigenvalue weighted by molar-refractivity contribution is 0.107. The van der Waals surface area contributed by atoms with Crippen molar-refractivity contribution in [1.82, 2.24) is 0 Å². The number of nitrogens with two attached hydrogens (primary N) is 1. The van der Waals surface area contributed by atoms with Gasteiger partial charge in [-0.2, -0.15) is 0 Å². The highest BCUT2D eigenvalue weighted by molar-refractivity contribution is 4.97. The largest absolute Gasteiger partial charge is 0.327 e. The van der Waals surface area contributed by atoms with Crippen molar-refractivity contribution in [2.24, 2.45) is 28.9 Å². The molecule has 2 aliphatic carbocycles. The van der Waals surface area contributed by atoms with Gasteiger partial charge in [0.1, 0.15) is 0 Å². The fourth-order valence-electron chi connectivity index (χ4n) is 5.02. The quantitative estimate of drug-likeness (QED) is 0.732. The highest BCUT2D eigenvalue weighted by Gasteiger charge is 2.43. The molecule has 2 aliphatic rings. The first-order valence-corrected chi connectivity index (χ1v) is 8.83. The van der Waals surface area contributed by atoms with Crippen molar-refractivity contribution in [1.29, 1.82) is 0 Å². The van der Waals surface area contributed by atoms with E-state index in [9.17, 15) is 0 Å². The second-order valence-corrected chi connectivity index (χ2v) is 7.88. The van der Waals surface area contributed by atoms with Crippen LogP contribution in [0.25, 0.3) is 0 Å². The summed E-state index contributed by atoms with van der Waals surface area (Å²) in [6.45, 7) is 7.10. The summed E-state index contributed by atoms with van der Waals surface area (Å²) in [5.41, 5.74) is 7.32. The van der Waals surface area contributed by atoms with Crippen LogP contribution in [0.1, 0.15) is 85.0 Å². The van der Waals surface area contributed by atoms with Gasteiger partial charge in [0.15, 0.2) is 0 Å². The Morgan fingerprint density at radius 3 is 2.11 bits per heavy atom. The molecule has 2 saturated carbocycles. The summed E-state index contributed by atoms with van der Waals surface area (Å²) < 4.78 is 0. The smallest absolute Gasteiger partial charge is 0.0124 e. The Morgan fingerprint density at radius 1 is 1.05 bits per heavy atom. The van der Waals surface area contributed by atoms with Crippen LogP contribution < -0.4 is 5.73 Å². The van der Waals surface area contributed by atoms with Crippen molar-refractivity contribution in [3.05, 3.63) is 0 Å². The Morgan fingerprint density at radius 2 is 1.63 bits per heavy atom. The molecule has 112 valence electrons. The monoisotopic (exact) mass is 265 g/mol. The van der Waals surface area contributed by atoms with Crippen LogP contribution >= 0.6 is 0 Å². The molecule has 1 atom stereocenters. The van der Waals surface area contributed by atoms with Gasteiger partial charge in [-0.25, -0.2) is 0 Å². The topological polar surface area (TPSA) is 26.0 Å². The third kappa shape index (κ3) is 3.54. The lowest BCUT2D eigenvalue weighted by Gasteiger charge is -2.43. The Hall–Kier alpha value is -0.0400. The second-order valence-electron chi connectivity index (χ2n) is 7.88. The van der Waals surface area contributed by atoms with Crippen molar-refractivity contribution in [3.8, 4) is 0 Å². The van der Waals surface area contributed by atoms with E-state index in [-0.39, 0.29) is 0 Å². The normalized spacial score (nSPS) is 32.7. The van der Waals surface area contributed by atoms with Gasteiger partial charge in [-0.05, 0) is 55.3 Å². The van der Waals surface area contributed by atoms with Crippen LogP contribution in [-0.4, -0.2) is 6.04 Å². The summed E-state index contributed by atoms with van der Waals surface area (Å²) in [4.78, 5) is 0. The van der Waals surface area contributed by atoms with E-state index in [1.807, 2.05) is 0 Å². The minimum atomic E-state index is 0.482. The molecule has 0 bridgehead atoms. The molecule has 0 spiro atoms. The van der Waals surface area contributed by atoms with Gasteiger partial charge in [0.25, 0.3) is 0 Å². The third-order valence-corrected chi connectivity index (χ3v) is 6.10. The minimum Gasteiger partial charge on any atom is -0.327 e. The third-order valence-electron chi connectivity index (χ3n) is 6.10. The summed E-state index contributed by atoms with van der Waals surface area (Å²) in [7, 11) is 0. The lowest BCUT2D eigenvalue weighted by atomic mass is 9.65. The van der Waals surface area contributed by atoms with Gasteiger partial charge in [0, 0.05) is 6.04 Å². The molecule has 0 heterocycles. The Labute approximate surface area is 120 Å². The van der Waals surface area contributed by atoms with Crippen molar-refractivity contribution in [2.75, 3.05) is 0 Å². The average molecular weight is 265 g/mol. The second kappa shape index (κ2) is 6.61. The van der Waals surface area contributed by atoms with Crippen LogP contribution in [0.15, 0.2) is 0 Å². The molecule has 0 aromatic carbocycles. The summed E-state index contributed by atoms with van der Waals surface area (Å²) in [5, 5.41) is 0. The van der Waals surface area contributed by atoms with E-state index in [0.29, 0.717) is 11.5 Å². The van der Waals surface area contributed by atoms with E-state index in [4.69, 9.17) is 5.73 Å². The van der Waals surface area contributed by atoms with E-state index in [1.54, 1.807) is 0 Å². The van der Waals surface area contributed by atoms with Gasteiger partial charge in [0.05, 0.1) is 0 Å². The molecule has 19 heavy (non-hydrogen) atoms. The van der Waals surface area contributed by atoms with E-state index in [2.05, 4.69) is 20.8 Å². The number of hydrogen-bond donors (Lipinski definition) is 1. The zero-order chi connectivity index (χ0) is 13.9. The van der Waals surface area contributed by atoms with Crippen LogP contribution in [-0.2, 0) is 0 Å². The van der Waals surface area contributed by atoms with Crippen molar-refractivity contribution in [3.63, 3.8) is 0 Å². The van der Waals surface area contributed by atoms with Gasteiger partial charge in [-0.15, -0.1) is 0 Å². The van der Waals surface area contributed by atoms with Crippen molar-refractivity contribution in [2.45, 2.75) is 91.0 Å². The first-order chi connectivity index (χ1) is 9.07. The van der Waals surface area contributed by atoms with Crippen molar-refractivity contribution < 1.29 is 0 Å². The fourth-order valence-corrected chi connectivity index (χ4v) is 5.02. The molecule has 1 nitrogen and oxygen atoms in total. The summed E-state index contributed by atoms with van der Waals surface area (Å²) >= 11 is 0. The predicted octanol–water partition coefficient (Wildman–Crippen LogP) is 5.14. The lowest BCUT2D eigenvalue weighted by Crippen LogP contribution is -2.47. The number of rotatable bonds is 5. The molecule has 0 aromatic rings. The Balaban J connectivity index is 1.98. The van der Waals surface area contributed by atoms with Gasteiger partial charge in [-0.3, -0.25) is 0 Å². The zero-order valence-corrected chi connectivity index (χ0v) is 13.5. The maximum Gasteiger partial charge on any atom is 0.0124 e. The van der Waals surface area contributed by atoms with Crippen LogP contribution in [0.2, 0.25) is 0 Å². The molecule has 0 aromatic heterocycles. The van der Waals surface area contributed by atoms with Crippen LogP contribution in [0, 0.1) is 23.2 Å². The molecule has 2 N–H and O–H groups in total. The van der Waals surface area contributed by atoms with Crippen molar-refractivity contribution >= 4 is 0 Å². The zero-order valence-electron chi connectivity index (χ0n) is 13.5. The molecule has 0 aliphatic heterocycles. The Kier molecular flexibility index (Phi) is 5.34. The van der Waals surface area contributed by atoms with Gasteiger partial charge < -0.3 is 5.73 Å². The SMILES string of the molecule is CCC1CCC(C(N)C2(CC(C)C)CCCC2)CC1. The molecule has 2 rings (SSSR count). The summed E-state index contributed by atoms with van der Waals surface area (Å²) in [5.74, 6) is 2.61. The van der Waals surface area contributed by atoms with E-state index in [1.165, 1.54) is 64.2 Å². The minimum absolute atomic E-state index is 0.482. The highest BCUT2D eigenvalue weighted by Crippen LogP contribution is 2.49. The van der Waals surface area contributed by atoms with Crippen LogP contribution in [0.5, 0.6) is 0 Å². The van der Waals surface area contributed by atoms with E-state index < -0.39 is 0 Å². The van der Waals surface area contributed by atoms with Gasteiger partial charge >= 0.3 is 0 Å². The standard InChI is InChI=1S/C18H35N/c1-4-15-7-9-16(10-8-15)17(19)18(13-14(2)3)11-5-6-12-18/h14-17H,4-13,19H2,1-3H3. The highest BCUT2D eigenvalue weighted by atomic mass is 14.7. The molecule has 0 amide bonds. The molecule has 2 fully saturated rings. The molecule has 0 saturated heterocycles. The van der Waals surface area contributed by atoms with Gasteiger partial charge in [-0.1, -0.05) is 52.9 Å². The molecular weight excluding hydrogens is 230 g/mol. The Bertz CT molecular complexity index is 257. The van der Waals surface area contributed by atoms with Crippen LogP contribution in [0.3, 0.4) is 0 Å². The van der Waals surface area contributed by atoms with E-state index in [0.717, 1.165) is 17.8 Å². The molecular formula is C18H35N. The molecule has 1 heteroatoms. The number of hydrogen-bond acceptors (Lipinski definition) is 1. The summed E-state index contributed by atoms with van der Waals surface area (Å²) in [6.07, 6.45) is 14.1. The maximum absolute atomic E-state index is 6.82. The van der Waals surface area contributed by atoms with E-state index >= 15 is 0 Å².